The summed E-state index contributed by atoms with van der Waals surface area (Å²) in [4.78, 5) is 0. The minimum Gasteiger partial charge on any atom is -0.201 e. The molecule has 1 nitrogen and oxygen atoms in total. The Morgan fingerprint density at radius 2 is 1.54 bits per heavy atom. The summed E-state index contributed by atoms with van der Waals surface area (Å²) >= 11 is 0. The van der Waals surface area contributed by atoms with Crippen molar-refractivity contribution in [2.24, 2.45) is 18.9 Å². The van der Waals surface area contributed by atoms with Gasteiger partial charge in [-0.3, -0.25) is 0 Å². The molecule has 1 heterocycles. The highest BCUT2D eigenvalue weighted by atomic mass is 28.3. The standard InChI is InChI=1S/C24H38NSi/c1-17(2)12-20-11-10-19(5)22(14-20)23-15-24(26(7,8)9)21(13-18(3)4)16-25(23)6/h10-11,14-18H,12-13H2,1-9H3/q+1. The molecular weight excluding hydrogens is 330 g/mol. The van der Waals surface area contributed by atoms with Gasteiger partial charge in [0.05, 0.1) is 8.07 Å². The molecule has 0 fully saturated rings. The van der Waals surface area contributed by atoms with Gasteiger partial charge in [0, 0.05) is 17.2 Å². The normalized spacial score (nSPS) is 12.3. The number of benzene rings is 1. The van der Waals surface area contributed by atoms with Crippen molar-refractivity contribution in [2.75, 3.05) is 0 Å². The van der Waals surface area contributed by atoms with Crippen molar-refractivity contribution in [3.63, 3.8) is 0 Å². The molecule has 0 N–H and O–H groups in total. The summed E-state index contributed by atoms with van der Waals surface area (Å²) in [6, 6.07) is 9.51. The molecule has 0 spiro atoms. The summed E-state index contributed by atoms with van der Waals surface area (Å²) < 4.78 is 2.35. The fourth-order valence-corrected chi connectivity index (χ4v) is 5.52. The van der Waals surface area contributed by atoms with Gasteiger partial charge in [-0.1, -0.05) is 59.5 Å². The van der Waals surface area contributed by atoms with Crippen LogP contribution in [0.25, 0.3) is 11.3 Å². The van der Waals surface area contributed by atoms with Crippen molar-refractivity contribution in [2.45, 2.75) is 67.1 Å². The van der Waals surface area contributed by atoms with Crippen molar-refractivity contribution in [3.8, 4) is 11.3 Å². The fourth-order valence-electron chi connectivity index (χ4n) is 3.82. The molecule has 0 atom stereocenters. The van der Waals surface area contributed by atoms with E-state index in [0.29, 0.717) is 11.8 Å². The zero-order valence-electron chi connectivity index (χ0n) is 18.4. The molecule has 0 saturated heterocycles. The number of hydrogen-bond acceptors (Lipinski definition) is 0. The Morgan fingerprint density at radius 3 is 2.08 bits per heavy atom. The smallest absolute Gasteiger partial charge is 0.201 e. The summed E-state index contributed by atoms with van der Waals surface area (Å²) in [6.45, 7) is 18.9. The van der Waals surface area contributed by atoms with Crippen LogP contribution in [0.1, 0.15) is 44.4 Å². The molecule has 0 aliphatic heterocycles. The first-order valence-corrected chi connectivity index (χ1v) is 13.6. The highest BCUT2D eigenvalue weighted by molar-refractivity contribution is 6.89. The molecule has 2 heteroatoms. The minimum absolute atomic E-state index is 0.685. The van der Waals surface area contributed by atoms with E-state index < -0.39 is 8.07 Å². The van der Waals surface area contributed by atoms with E-state index in [9.17, 15) is 0 Å². The van der Waals surface area contributed by atoms with Crippen LogP contribution in [0.15, 0.2) is 30.5 Å². The maximum absolute atomic E-state index is 2.51. The average Bonchev–Trinajstić information content (AvgIpc) is 2.47. The zero-order valence-corrected chi connectivity index (χ0v) is 19.4. The van der Waals surface area contributed by atoms with Gasteiger partial charge in [-0.2, -0.15) is 0 Å². The maximum Gasteiger partial charge on any atom is 0.212 e. The monoisotopic (exact) mass is 368 g/mol. The van der Waals surface area contributed by atoms with Gasteiger partial charge in [-0.05, 0) is 54.0 Å². The molecule has 1 aromatic carbocycles. The van der Waals surface area contributed by atoms with Crippen LogP contribution in [-0.2, 0) is 19.9 Å². The molecule has 0 aliphatic rings. The molecule has 142 valence electrons. The molecule has 1 aromatic heterocycles. The van der Waals surface area contributed by atoms with Crippen LogP contribution in [0.5, 0.6) is 0 Å². The molecule has 0 saturated carbocycles. The van der Waals surface area contributed by atoms with E-state index >= 15 is 0 Å². The molecule has 2 rings (SSSR count). The Morgan fingerprint density at radius 1 is 0.923 bits per heavy atom. The van der Waals surface area contributed by atoms with Gasteiger partial charge in [0.25, 0.3) is 0 Å². The number of hydrogen-bond donors (Lipinski definition) is 0. The largest absolute Gasteiger partial charge is 0.212 e. The van der Waals surface area contributed by atoms with E-state index in [4.69, 9.17) is 0 Å². The van der Waals surface area contributed by atoms with Crippen molar-refractivity contribution in [3.05, 3.63) is 47.2 Å². The summed E-state index contributed by atoms with van der Waals surface area (Å²) in [7, 11) is 0.808. The third-order valence-electron chi connectivity index (χ3n) is 5.01. The molecule has 2 aromatic rings. The molecular formula is C24H38NSi+. The van der Waals surface area contributed by atoms with Gasteiger partial charge in [-0.25, -0.2) is 4.57 Å². The van der Waals surface area contributed by atoms with Gasteiger partial charge in [-0.15, -0.1) is 0 Å². The van der Waals surface area contributed by atoms with Gasteiger partial charge < -0.3 is 0 Å². The first-order valence-electron chi connectivity index (χ1n) is 10.1. The highest BCUT2D eigenvalue weighted by Crippen LogP contribution is 2.24. The predicted molar refractivity (Wildman–Crippen MR) is 118 cm³/mol. The Bertz CT molecular complexity index is 767. The van der Waals surface area contributed by atoms with Crippen LogP contribution in [0, 0.1) is 18.8 Å². The van der Waals surface area contributed by atoms with E-state index in [0.717, 1.165) is 6.42 Å². The number of pyridine rings is 1. The van der Waals surface area contributed by atoms with Gasteiger partial charge in [0.15, 0.2) is 6.20 Å². The van der Waals surface area contributed by atoms with E-state index in [1.54, 1.807) is 10.8 Å². The van der Waals surface area contributed by atoms with Crippen LogP contribution in [0.4, 0.5) is 0 Å². The quantitative estimate of drug-likeness (QED) is 0.473. The van der Waals surface area contributed by atoms with Crippen LogP contribution < -0.4 is 9.75 Å². The van der Waals surface area contributed by atoms with Crippen LogP contribution in [0.3, 0.4) is 0 Å². The summed E-state index contributed by atoms with van der Waals surface area (Å²) in [5, 5.41) is 1.62. The van der Waals surface area contributed by atoms with E-state index in [2.05, 4.69) is 96.3 Å². The molecule has 0 aliphatic carbocycles. The molecule has 26 heavy (non-hydrogen) atoms. The fraction of sp³-hybridized carbons (Fsp3) is 0.542. The zero-order chi connectivity index (χ0) is 19.6. The Hall–Kier alpha value is -1.41. The van der Waals surface area contributed by atoms with Crippen molar-refractivity contribution < 1.29 is 4.57 Å². The van der Waals surface area contributed by atoms with Gasteiger partial charge in [0.2, 0.25) is 5.69 Å². The SMILES string of the molecule is Cc1ccc(CC(C)C)cc1-c1cc([Si](C)(C)C)c(CC(C)C)c[n+]1C. The summed E-state index contributed by atoms with van der Waals surface area (Å²) in [5.74, 6) is 1.37. The lowest BCUT2D eigenvalue weighted by atomic mass is 9.96. The van der Waals surface area contributed by atoms with Crippen LogP contribution >= 0.6 is 0 Å². The van der Waals surface area contributed by atoms with Gasteiger partial charge in [0.1, 0.15) is 7.05 Å². The van der Waals surface area contributed by atoms with Gasteiger partial charge >= 0.3 is 0 Å². The van der Waals surface area contributed by atoms with Crippen LogP contribution in [0.2, 0.25) is 19.6 Å². The lowest BCUT2D eigenvalue weighted by molar-refractivity contribution is -0.660. The first kappa shape index (κ1) is 20.9. The van der Waals surface area contributed by atoms with Crippen molar-refractivity contribution >= 4 is 13.3 Å². The summed E-state index contributed by atoms with van der Waals surface area (Å²) in [5.41, 5.74) is 7.10. The number of nitrogens with zero attached hydrogens (tertiary/aromatic N) is 1. The molecule has 0 radical (unpaired) electrons. The second-order valence-corrected chi connectivity index (χ2v) is 14.8. The first-order chi connectivity index (χ1) is 12.0. The Balaban J connectivity index is 2.63. The lowest BCUT2D eigenvalue weighted by Gasteiger charge is -2.22. The topological polar surface area (TPSA) is 3.88 Å². The minimum atomic E-state index is -1.40. The highest BCUT2D eigenvalue weighted by Gasteiger charge is 2.26. The average molecular weight is 369 g/mol. The Kier molecular flexibility index (Phi) is 6.49. The van der Waals surface area contributed by atoms with E-state index in [-0.39, 0.29) is 0 Å². The number of aryl methyl sites for hydroxylation is 2. The Labute approximate surface area is 162 Å². The van der Waals surface area contributed by atoms with Crippen molar-refractivity contribution in [1.29, 1.82) is 0 Å². The van der Waals surface area contributed by atoms with E-state index in [1.165, 1.54) is 28.8 Å². The lowest BCUT2D eigenvalue weighted by Crippen LogP contribution is -2.45. The van der Waals surface area contributed by atoms with Crippen molar-refractivity contribution in [1.82, 2.24) is 0 Å². The predicted octanol–water partition coefficient (Wildman–Crippen LogP) is 5.43. The second kappa shape index (κ2) is 8.08. The third kappa shape index (κ3) is 5.06. The molecule has 0 bridgehead atoms. The number of aromatic nitrogens is 1. The number of rotatable bonds is 6. The molecule has 0 unspecified atom stereocenters. The molecule has 0 amide bonds. The third-order valence-corrected chi connectivity index (χ3v) is 7.10. The van der Waals surface area contributed by atoms with Crippen LogP contribution in [-0.4, -0.2) is 8.07 Å². The maximum atomic E-state index is 2.51. The second-order valence-electron chi connectivity index (χ2n) is 9.80. The summed E-state index contributed by atoms with van der Waals surface area (Å²) in [6.07, 6.45) is 4.71. The van der Waals surface area contributed by atoms with E-state index in [1.807, 2.05) is 0 Å².